The third-order valence-electron chi connectivity index (χ3n) is 4.03. The molecule has 3 aromatic rings. The minimum Gasteiger partial charge on any atom is -0.354 e. The number of anilines is 2. The number of nitrogens with one attached hydrogen (secondary N) is 2. The summed E-state index contributed by atoms with van der Waals surface area (Å²) < 4.78 is 1.73. The van der Waals surface area contributed by atoms with E-state index in [1.807, 2.05) is 39.1 Å². The maximum Gasteiger partial charge on any atom is 0.273 e. The van der Waals surface area contributed by atoms with Crippen LogP contribution in [0.5, 0.6) is 0 Å². The molecular weight excluding hydrogens is 354 g/mol. The number of amides is 1. The number of carbonyl (C=O) groups excluding carboxylic acids is 1. The van der Waals surface area contributed by atoms with Crippen molar-refractivity contribution in [2.24, 2.45) is 7.05 Å². The third kappa shape index (κ3) is 3.36. The van der Waals surface area contributed by atoms with E-state index in [1.54, 1.807) is 10.7 Å². The lowest BCUT2D eigenvalue weighted by atomic mass is 10.1. The second-order valence-corrected chi connectivity index (χ2v) is 6.11. The van der Waals surface area contributed by atoms with Gasteiger partial charge < -0.3 is 10.6 Å². The van der Waals surface area contributed by atoms with Crippen molar-refractivity contribution in [3.8, 4) is 11.4 Å². The van der Waals surface area contributed by atoms with Gasteiger partial charge in [-0.15, -0.1) is 10.2 Å². The lowest BCUT2D eigenvalue weighted by molar-refractivity contribution is 0.0958. The van der Waals surface area contributed by atoms with Crippen LogP contribution in [0.3, 0.4) is 0 Å². The molecule has 0 radical (unpaired) electrons. The van der Waals surface area contributed by atoms with Crippen LogP contribution in [-0.2, 0) is 7.05 Å². The smallest absolute Gasteiger partial charge is 0.273 e. The number of nitrogens with zero attached hydrogens (tertiary/aromatic N) is 5. The minimum atomic E-state index is -0.354. The number of rotatable bonds is 4. The van der Waals surface area contributed by atoms with Crippen molar-refractivity contribution in [2.45, 2.75) is 13.8 Å². The molecule has 2 aromatic heterocycles. The third-order valence-corrected chi connectivity index (χ3v) is 4.22. The highest BCUT2D eigenvalue weighted by atomic mass is 35.5. The van der Waals surface area contributed by atoms with E-state index in [9.17, 15) is 4.79 Å². The van der Waals surface area contributed by atoms with Gasteiger partial charge in [-0.05, 0) is 25.5 Å². The van der Waals surface area contributed by atoms with Gasteiger partial charge in [0, 0.05) is 31.4 Å². The van der Waals surface area contributed by atoms with Crippen LogP contribution >= 0.6 is 11.6 Å². The van der Waals surface area contributed by atoms with Gasteiger partial charge in [-0.25, -0.2) is 4.98 Å². The Hall–Kier alpha value is -3.00. The summed E-state index contributed by atoms with van der Waals surface area (Å²) in [5.41, 5.74) is 3.26. The Labute approximate surface area is 155 Å². The molecule has 0 aliphatic rings. The number of hydrogen-bond acceptors (Lipinski definition) is 6. The van der Waals surface area contributed by atoms with Gasteiger partial charge in [0.15, 0.2) is 16.7 Å². The first-order chi connectivity index (χ1) is 12.4. The van der Waals surface area contributed by atoms with E-state index in [0.717, 1.165) is 22.6 Å². The lowest BCUT2D eigenvalue weighted by Gasteiger charge is -2.14. The Morgan fingerprint density at radius 1 is 1.19 bits per heavy atom. The van der Waals surface area contributed by atoms with Gasteiger partial charge in [0.1, 0.15) is 5.82 Å². The zero-order valence-corrected chi connectivity index (χ0v) is 15.6. The molecule has 0 bridgehead atoms. The van der Waals surface area contributed by atoms with Crippen LogP contribution in [0.25, 0.3) is 11.4 Å². The van der Waals surface area contributed by atoms with Crippen LogP contribution in [0.2, 0.25) is 5.15 Å². The summed E-state index contributed by atoms with van der Waals surface area (Å²) in [7, 11) is 3.38. The number of halogens is 1. The average Bonchev–Trinajstić information content (AvgIpc) is 2.95. The van der Waals surface area contributed by atoms with E-state index in [2.05, 4.69) is 30.9 Å². The Bertz CT molecular complexity index is 964. The van der Waals surface area contributed by atoms with Gasteiger partial charge in [0.05, 0.1) is 5.69 Å². The number of benzene rings is 1. The van der Waals surface area contributed by atoms with Crippen LogP contribution in [-0.4, -0.2) is 37.9 Å². The standard InChI is InChI=1S/C17H18ClN7O/c1-9-11(16-20-10(2)25(4)24-16)6-5-7-12(9)21-13-8-14(18)22-23-15(13)17(26)19-3/h5-8H,1-4H3,(H,19,26)(H,21,22). The Morgan fingerprint density at radius 2 is 1.96 bits per heavy atom. The van der Waals surface area contributed by atoms with E-state index >= 15 is 0 Å². The fourth-order valence-electron chi connectivity index (χ4n) is 2.48. The monoisotopic (exact) mass is 371 g/mol. The van der Waals surface area contributed by atoms with E-state index in [1.165, 1.54) is 7.05 Å². The van der Waals surface area contributed by atoms with Gasteiger partial charge in [-0.2, -0.15) is 5.10 Å². The van der Waals surface area contributed by atoms with Crippen LogP contribution in [0.1, 0.15) is 21.9 Å². The number of carbonyl (C=O) groups is 1. The Kier molecular flexibility index (Phi) is 4.85. The van der Waals surface area contributed by atoms with Crippen molar-refractivity contribution in [3.63, 3.8) is 0 Å². The minimum absolute atomic E-state index is 0.161. The first-order valence-corrected chi connectivity index (χ1v) is 8.28. The predicted octanol–water partition coefficient (Wildman–Crippen LogP) is 2.65. The van der Waals surface area contributed by atoms with Crippen LogP contribution in [0.15, 0.2) is 24.3 Å². The summed E-state index contributed by atoms with van der Waals surface area (Å²) in [6.07, 6.45) is 0. The summed E-state index contributed by atoms with van der Waals surface area (Å²) in [6, 6.07) is 7.31. The highest BCUT2D eigenvalue weighted by molar-refractivity contribution is 6.29. The van der Waals surface area contributed by atoms with Crippen molar-refractivity contribution in [1.29, 1.82) is 0 Å². The molecule has 0 unspecified atom stereocenters. The van der Waals surface area contributed by atoms with Gasteiger partial charge >= 0.3 is 0 Å². The largest absolute Gasteiger partial charge is 0.354 e. The second-order valence-electron chi connectivity index (χ2n) is 5.72. The molecule has 8 nitrogen and oxygen atoms in total. The maximum atomic E-state index is 12.0. The summed E-state index contributed by atoms with van der Waals surface area (Å²) in [5.74, 6) is 1.11. The highest BCUT2D eigenvalue weighted by Crippen LogP contribution is 2.30. The predicted molar refractivity (Wildman–Crippen MR) is 99.6 cm³/mol. The van der Waals surface area contributed by atoms with Crippen molar-refractivity contribution in [3.05, 3.63) is 46.5 Å². The van der Waals surface area contributed by atoms with Gasteiger partial charge in [0.2, 0.25) is 0 Å². The first-order valence-electron chi connectivity index (χ1n) is 7.90. The van der Waals surface area contributed by atoms with E-state index in [4.69, 9.17) is 11.6 Å². The van der Waals surface area contributed by atoms with Crippen molar-refractivity contribution in [2.75, 3.05) is 12.4 Å². The second kappa shape index (κ2) is 7.09. The molecule has 0 atom stereocenters. The Balaban J connectivity index is 2.03. The van der Waals surface area contributed by atoms with Crippen LogP contribution < -0.4 is 10.6 Å². The topological polar surface area (TPSA) is 97.6 Å². The maximum absolute atomic E-state index is 12.0. The molecule has 1 amide bonds. The molecule has 1 aromatic carbocycles. The van der Waals surface area contributed by atoms with Gasteiger partial charge in [-0.3, -0.25) is 9.48 Å². The first kappa shape index (κ1) is 17.8. The summed E-state index contributed by atoms with van der Waals surface area (Å²) in [4.78, 5) is 16.5. The number of hydrogen-bond donors (Lipinski definition) is 2. The SMILES string of the molecule is CNC(=O)c1nnc(Cl)cc1Nc1cccc(-c2nc(C)n(C)n2)c1C. The molecule has 2 heterocycles. The van der Waals surface area contributed by atoms with Crippen LogP contribution in [0, 0.1) is 13.8 Å². The molecule has 0 spiro atoms. The van der Waals surface area contributed by atoms with Crippen molar-refractivity contribution in [1.82, 2.24) is 30.3 Å². The normalized spacial score (nSPS) is 10.7. The zero-order chi connectivity index (χ0) is 18.8. The molecule has 0 aliphatic carbocycles. The van der Waals surface area contributed by atoms with E-state index in [-0.39, 0.29) is 16.8 Å². The van der Waals surface area contributed by atoms with E-state index < -0.39 is 0 Å². The molecule has 2 N–H and O–H groups in total. The summed E-state index contributed by atoms with van der Waals surface area (Å²) in [5, 5.41) is 18.0. The Morgan fingerprint density at radius 3 is 2.62 bits per heavy atom. The van der Waals surface area contributed by atoms with Gasteiger partial charge in [-0.1, -0.05) is 23.7 Å². The molecule has 0 fully saturated rings. The van der Waals surface area contributed by atoms with Gasteiger partial charge in [0.25, 0.3) is 5.91 Å². The fraction of sp³-hybridized carbons (Fsp3) is 0.235. The lowest BCUT2D eigenvalue weighted by Crippen LogP contribution is -2.21. The van der Waals surface area contributed by atoms with Crippen molar-refractivity contribution >= 4 is 28.9 Å². The fourth-order valence-corrected chi connectivity index (χ4v) is 2.63. The van der Waals surface area contributed by atoms with Crippen molar-refractivity contribution < 1.29 is 4.79 Å². The number of aromatic nitrogens is 5. The molecule has 3 rings (SSSR count). The molecule has 0 saturated heterocycles. The zero-order valence-electron chi connectivity index (χ0n) is 14.8. The molecule has 0 saturated carbocycles. The number of aryl methyl sites for hydroxylation is 2. The molecule has 9 heteroatoms. The highest BCUT2D eigenvalue weighted by Gasteiger charge is 2.16. The molecular formula is C17H18ClN7O. The molecule has 0 aliphatic heterocycles. The quantitative estimate of drug-likeness (QED) is 0.731. The summed E-state index contributed by atoms with van der Waals surface area (Å²) >= 11 is 5.95. The molecule has 134 valence electrons. The average molecular weight is 372 g/mol. The van der Waals surface area contributed by atoms with Crippen LogP contribution in [0.4, 0.5) is 11.4 Å². The summed E-state index contributed by atoms with van der Waals surface area (Å²) in [6.45, 7) is 3.85. The molecule has 26 heavy (non-hydrogen) atoms. The van der Waals surface area contributed by atoms with E-state index in [0.29, 0.717) is 11.5 Å².